The van der Waals surface area contributed by atoms with Crippen molar-refractivity contribution in [3.05, 3.63) is 0 Å². The van der Waals surface area contributed by atoms with Crippen LogP contribution >= 0.6 is 0 Å². The molecule has 0 bridgehead atoms. The Kier molecular flexibility index (Phi) is 2.37. The molecular formula is C10H20N2. The van der Waals surface area contributed by atoms with Crippen molar-refractivity contribution in [3.8, 4) is 0 Å². The average Bonchev–Trinajstić information content (AvgIpc) is 1.93. The van der Waals surface area contributed by atoms with Gasteiger partial charge in [0.05, 0.1) is 0 Å². The van der Waals surface area contributed by atoms with Crippen molar-refractivity contribution in [2.75, 3.05) is 33.7 Å². The topological polar surface area (TPSA) is 6.48 Å². The summed E-state index contributed by atoms with van der Waals surface area (Å²) in [5.74, 6) is 1.01. The second kappa shape index (κ2) is 3.35. The van der Waals surface area contributed by atoms with Crippen LogP contribution in [0.1, 0.15) is 19.3 Å². The zero-order valence-electron chi connectivity index (χ0n) is 8.29. The molecule has 2 nitrogen and oxygen atoms in total. The van der Waals surface area contributed by atoms with Gasteiger partial charge in [-0.25, -0.2) is 0 Å². The summed E-state index contributed by atoms with van der Waals surface area (Å²) in [6.07, 6.45) is 4.42. The molecule has 1 saturated heterocycles. The van der Waals surface area contributed by atoms with E-state index >= 15 is 0 Å². The number of hydrogen-bond donors (Lipinski definition) is 0. The summed E-state index contributed by atoms with van der Waals surface area (Å²) >= 11 is 0. The van der Waals surface area contributed by atoms with Crippen LogP contribution in [0.4, 0.5) is 0 Å². The molecule has 1 heterocycles. The third kappa shape index (κ3) is 1.50. The molecule has 70 valence electrons. The SMILES string of the molecule is CN1CCN(C)C(C2CCC2)C1. The van der Waals surface area contributed by atoms with E-state index in [1.54, 1.807) is 0 Å². The molecular weight excluding hydrogens is 148 g/mol. The fourth-order valence-electron chi connectivity index (χ4n) is 2.38. The quantitative estimate of drug-likeness (QED) is 0.577. The first kappa shape index (κ1) is 8.52. The first-order valence-electron chi connectivity index (χ1n) is 5.16. The van der Waals surface area contributed by atoms with Gasteiger partial charge in [-0.2, -0.15) is 0 Å². The monoisotopic (exact) mass is 168 g/mol. The van der Waals surface area contributed by atoms with Crippen LogP contribution in [0.2, 0.25) is 0 Å². The van der Waals surface area contributed by atoms with Crippen LogP contribution in [-0.4, -0.2) is 49.6 Å². The van der Waals surface area contributed by atoms with E-state index in [9.17, 15) is 0 Å². The summed E-state index contributed by atoms with van der Waals surface area (Å²) in [6, 6.07) is 0.859. The number of nitrogens with zero attached hydrogens (tertiary/aromatic N) is 2. The zero-order valence-corrected chi connectivity index (χ0v) is 8.29. The molecule has 1 unspecified atom stereocenters. The number of likely N-dealkylation sites (N-methyl/N-ethyl adjacent to an activating group) is 2. The number of piperazine rings is 1. The average molecular weight is 168 g/mol. The molecule has 2 aliphatic rings. The smallest absolute Gasteiger partial charge is 0.0248 e. The molecule has 0 amide bonds. The van der Waals surface area contributed by atoms with Crippen molar-refractivity contribution in [3.63, 3.8) is 0 Å². The van der Waals surface area contributed by atoms with Crippen molar-refractivity contribution in [1.29, 1.82) is 0 Å². The fourth-order valence-corrected chi connectivity index (χ4v) is 2.38. The summed E-state index contributed by atoms with van der Waals surface area (Å²) in [6.45, 7) is 3.80. The molecule has 2 rings (SSSR count). The lowest BCUT2D eigenvalue weighted by molar-refractivity contribution is 0.0461. The van der Waals surface area contributed by atoms with Crippen molar-refractivity contribution >= 4 is 0 Å². The van der Waals surface area contributed by atoms with Gasteiger partial charge in [0.1, 0.15) is 0 Å². The van der Waals surface area contributed by atoms with Gasteiger partial charge in [0.25, 0.3) is 0 Å². The minimum absolute atomic E-state index is 0.859. The highest BCUT2D eigenvalue weighted by Gasteiger charge is 2.32. The molecule has 0 aromatic carbocycles. The highest BCUT2D eigenvalue weighted by Crippen LogP contribution is 2.32. The van der Waals surface area contributed by atoms with Crippen molar-refractivity contribution in [2.45, 2.75) is 25.3 Å². The summed E-state index contributed by atoms with van der Waals surface area (Å²) in [4.78, 5) is 5.03. The summed E-state index contributed by atoms with van der Waals surface area (Å²) in [7, 11) is 4.54. The number of hydrogen-bond acceptors (Lipinski definition) is 2. The van der Waals surface area contributed by atoms with Crippen LogP contribution in [0.15, 0.2) is 0 Å². The van der Waals surface area contributed by atoms with E-state index in [0.717, 1.165) is 12.0 Å². The summed E-state index contributed by atoms with van der Waals surface area (Å²) in [5, 5.41) is 0. The van der Waals surface area contributed by atoms with E-state index in [0.29, 0.717) is 0 Å². The molecule has 2 heteroatoms. The van der Waals surface area contributed by atoms with E-state index in [4.69, 9.17) is 0 Å². The van der Waals surface area contributed by atoms with Gasteiger partial charge in [-0.15, -0.1) is 0 Å². The molecule has 0 N–H and O–H groups in total. The van der Waals surface area contributed by atoms with Crippen molar-refractivity contribution < 1.29 is 0 Å². The minimum Gasteiger partial charge on any atom is -0.304 e. The molecule has 1 atom stereocenters. The van der Waals surface area contributed by atoms with Gasteiger partial charge in [0, 0.05) is 25.7 Å². The molecule has 1 saturated carbocycles. The van der Waals surface area contributed by atoms with Crippen LogP contribution in [0.25, 0.3) is 0 Å². The second-order valence-electron chi connectivity index (χ2n) is 4.50. The van der Waals surface area contributed by atoms with Gasteiger partial charge in [-0.1, -0.05) is 6.42 Å². The Balaban J connectivity index is 1.91. The van der Waals surface area contributed by atoms with Crippen molar-refractivity contribution in [2.24, 2.45) is 5.92 Å². The normalized spacial score (nSPS) is 35.0. The Hall–Kier alpha value is -0.0800. The van der Waals surface area contributed by atoms with Crippen LogP contribution in [0, 0.1) is 5.92 Å². The van der Waals surface area contributed by atoms with E-state index in [1.807, 2.05) is 0 Å². The largest absolute Gasteiger partial charge is 0.304 e. The van der Waals surface area contributed by atoms with Gasteiger partial charge in [-0.3, -0.25) is 0 Å². The minimum atomic E-state index is 0.859. The van der Waals surface area contributed by atoms with Crippen LogP contribution < -0.4 is 0 Å². The molecule has 0 aromatic rings. The predicted octanol–water partition coefficient (Wildman–Crippen LogP) is 1.03. The fraction of sp³-hybridized carbons (Fsp3) is 1.00. The van der Waals surface area contributed by atoms with Gasteiger partial charge in [0.2, 0.25) is 0 Å². The lowest BCUT2D eigenvalue weighted by Crippen LogP contribution is -2.54. The Bertz CT molecular complexity index is 152. The molecule has 12 heavy (non-hydrogen) atoms. The molecule has 1 aliphatic heterocycles. The van der Waals surface area contributed by atoms with Gasteiger partial charge in [-0.05, 0) is 32.9 Å². The molecule has 0 aromatic heterocycles. The highest BCUT2D eigenvalue weighted by molar-refractivity contribution is 4.88. The predicted molar refractivity (Wildman–Crippen MR) is 51.3 cm³/mol. The van der Waals surface area contributed by atoms with Gasteiger partial charge in [0.15, 0.2) is 0 Å². The zero-order chi connectivity index (χ0) is 8.55. The molecule has 0 spiro atoms. The Morgan fingerprint density at radius 1 is 1.08 bits per heavy atom. The number of rotatable bonds is 1. The van der Waals surface area contributed by atoms with E-state index in [1.165, 1.54) is 38.9 Å². The molecule has 0 radical (unpaired) electrons. The van der Waals surface area contributed by atoms with E-state index < -0.39 is 0 Å². The highest BCUT2D eigenvalue weighted by atomic mass is 15.3. The molecule has 1 aliphatic carbocycles. The Labute approximate surface area is 75.5 Å². The van der Waals surface area contributed by atoms with Gasteiger partial charge >= 0.3 is 0 Å². The maximum atomic E-state index is 2.56. The lowest BCUT2D eigenvalue weighted by atomic mass is 9.78. The van der Waals surface area contributed by atoms with E-state index in [2.05, 4.69) is 23.9 Å². The third-order valence-corrected chi connectivity index (χ3v) is 3.59. The maximum absolute atomic E-state index is 2.56. The standard InChI is InChI=1S/C10H20N2/c1-11-6-7-12(2)10(8-11)9-4-3-5-9/h9-10H,3-8H2,1-2H3. The maximum Gasteiger partial charge on any atom is 0.0248 e. The Morgan fingerprint density at radius 3 is 2.42 bits per heavy atom. The lowest BCUT2D eigenvalue weighted by Gasteiger charge is -2.45. The molecule has 2 fully saturated rings. The third-order valence-electron chi connectivity index (χ3n) is 3.59. The van der Waals surface area contributed by atoms with Crippen LogP contribution in [-0.2, 0) is 0 Å². The Morgan fingerprint density at radius 2 is 1.83 bits per heavy atom. The van der Waals surface area contributed by atoms with Crippen LogP contribution in [0.3, 0.4) is 0 Å². The summed E-state index contributed by atoms with van der Waals surface area (Å²) < 4.78 is 0. The van der Waals surface area contributed by atoms with Gasteiger partial charge < -0.3 is 9.80 Å². The van der Waals surface area contributed by atoms with Crippen LogP contribution in [0.5, 0.6) is 0 Å². The van der Waals surface area contributed by atoms with Crippen molar-refractivity contribution in [1.82, 2.24) is 9.80 Å². The first-order valence-corrected chi connectivity index (χ1v) is 5.16. The second-order valence-corrected chi connectivity index (χ2v) is 4.50. The van der Waals surface area contributed by atoms with E-state index in [-0.39, 0.29) is 0 Å². The summed E-state index contributed by atoms with van der Waals surface area (Å²) in [5.41, 5.74) is 0. The first-order chi connectivity index (χ1) is 5.77.